The molecular formula is C54H48Cl4LiN4P7. The van der Waals surface area contributed by atoms with E-state index in [0.717, 1.165) is 0 Å². The summed E-state index contributed by atoms with van der Waals surface area (Å²) in [6.07, 6.45) is 0. The standard InChI is InChI=1S/C54H45N3P4.Cl3P.ClH.Li.H2NP2/c1-10-28-46(29-11-1)59(47-30-12-2-13-31-47,48-32-14-3-15-33-48)55-58(56-60(49-34-16-4-17-35-49,50-36-18-5-19-37-50)51-38-20-6-21-39-51)57-61(52-40-22-7-23-41-52,53-42-24-8-25-43-53)54-44-26-9-27-45-54;1-4(2)3;;;1-3-2/h1-45H;;1H;;2H2/q;;;+1;-1. The molecule has 0 N–H and O–H groups in total. The van der Waals surface area contributed by atoms with Gasteiger partial charge in [-0.25, -0.2) is 8.06 Å². The van der Waals surface area contributed by atoms with Gasteiger partial charge in [0.05, 0.1) is 0 Å². The molecule has 0 radical (unpaired) electrons. The average Bonchev–Trinajstić information content (AvgIpc) is 3.41. The Kier molecular flexibility index (Phi) is 24.3. The summed E-state index contributed by atoms with van der Waals surface area (Å²) in [5, 5.41) is 18.1. The van der Waals surface area contributed by atoms with Crippen molar-refractivity contribution in [3.05, 3.63) is 278 Å². The summed E-state index contributed by atoms with van der Waals surface area (Å²) in [5.74, 6) is -1.20. The van der Waals surface area contributed by atoms with E-state index >= 15 is 0 Å². The maximum Gasteiger partial charge on any atom is 1.00 e. The maximum atomic E-state index is 7.50. The second kappa shape index (κ2) is 29.5. The Balaban J connectivity index is 0.000000955. The van der Waals surface area contributed by atoms with Gasteiger partial charge in [0.1, 0.15) is 21.2 Å². The summed E-state index contributed by atoms with van der Waals surface area (Å²) in [7, 11) is -8.51. The van der Waals surface area contributed by atoms with Gasteiger partial charge in [-0.05, 0) is 0 Å². The largest absolute Gasteiger partial charge is 1.00 e. The smallest absolute Gasteiger partial charge is 1.00 e. The first-order chi connectivity index (χ1) is 33.4. The van der Waals surface area contributed by atoms with E-state index in [2.05, 4.69) is 282 Å². The quantitative estimate of drug-likeness (QED) is 0.0865. The second-order valence-corrected chi connectivity index (χ2v) is 32.2. The van der Waals surface area contributed by atoms with Gasteiger partial charge in [0.25, 0.3) is 0 Å². The van der Waals surface area contributed by atoms with Crippen LogP contribution in [0.15, 0.2) is 287 Å². The van der Waals surface area contributed by atoms with Crippen LogP contribution in [0.5, 0.6) is 0 Å². The molecule has 0 aliphatic carbocycles. The van der Waals surface area contributed by atoms with Crippen LogP contribution in [-0.4, -0.2) is 0 Å². The van der Waals surface area contributed by atoms with Crippen LogP contribution < -0.4 is 79.0 Å². The van der Waals surface area contributed by atoms with Crippen LogP contribution in [0.25, 0.3) is 5.16 Å². The Labute approximate surface area is 453 Å². The van der Waals surface area contributed by atoms with E-state index in [1.54, 1.807) is 0 Å². The maximum absolute atomic E-state index is 7.50. The molecule has 0 aliphatic rings. The van der Waals surface area contributed by atoms with Gasteiger partial charge in [0.2, 0.25) is 0 Å². The topological polar surface area (TPSA) is 59.4 Å². The van der Waals surface area contributed by atoms with Crippen molar-refractivity contribution in [2.45, 2.75) is 0 Å². The molecule has 0 aromatic heterocycles. The van der Waals surface area contributed by atoms with E-state index in [9.17, 15) is 0 Å². The Morgan fingerprint density at radius 3 is 0.529 bits per heavy atom. The first-order valence-corrected chi connectivity index (χ1v) is 34.5. The van der Waals surface area contributed by atoms with E-state index in [4.69, 9.17) is 52.4 Å². The molecule has 1 atom stereocenters. The normalized spacial score (nSPS) is 11.1. The van der Waals surface area contributed by atoms with Crippen molar-refractivity contribution in [3.8, 4) is 0 Å². The first kappa shape index (κ1) is 57.7. The molecule has 1 unspecified atom stereocenters. The fourth-order valence-corrected chi connectivity index (χ4v) is 25.2. The van der Waals surface area contributed by atoms with Crippen molar-refractivity contribution < 1.29 is 31.3 Å². The SMILES string of the molecule is ClP(Cl)Cl.[Cl-].[Li+].[N-]=PP.c1ccc(P(=N[PH+](N=P(c2ccccc2)(c2ccccc2)c2ccccc2)N=P(c2ccccc2)(c2ccccc2)c2ccccc2)(c2ccccc2)c2ccccc2)cc1. The van der Waals surface area contributed by atoms with Gasteiger partial charge in [-0.3, -0.25) is 0 Å². The van der Waals surface area contributed by atoms with Crippen LogP contribution in [0, 0.1) is 0 Å². The molecule has 0 amide bonds. The first-order valence-electron chi connectivity index (χ1n) is 21.4. The zero-order valence-electron chi connectivity index (χ0n) is 38.1. The van der Waals surface area contributed by atoms with Gasteiger partial charge in [-0.1, -0.05) is 320 Å². The minimum Gasteiger partial charge on any atom is -1.00 e. The summed E-state index contributed by atoms with van der Waals surface area (Å²) in [6.45, 7) is 0. The molecule has 9 rings (SSSR count). The van der Waals surface area contributed by atoms with Gasteiger partial charge >= 0.3 is 27.2 Å². The van der Waals surface area contributed by atoms with E-state index < -0.39 is 35.5 Å². The van der Waals surface area contributed by atoms with Crippen molar-refractivity contribution in [2.75, 3.05) is 0 Å². The molecule has 0 heterocycles. The van der Waals surface area contributed by atoms with Crippen LogP contribution >= 0.6 is 86.2 Å². The van der Waals surface area contributed by atoms with Crippen molar-refractivity contribution >= 4 is 134 Å². The Bertz CT molecular complexity index is 2460. The number of halogens is 4. The number of benzene rings is 9. The molecule has 0 aliphatic heterocycles. The zero-order valence-corrected chi connectivity index (χ0v) is 47.7. The minimum absolute atomic E-state index is 0. The second-order valence-electron chi connectivity index (χ2n) is 14.8. The van der Waals surface area contributed by atoms with Crippen LogP contribution in [0.4, 0.5) is 0 Å². The molecule has 0 saturated carbocycles. The molecule has 348 valence electrons. The summed E-state index contributed by atoms with van der Waals surface area (Å²) >= 11 is 14.6. The van der Waals surface area contributed by atoms with E-state index in [0.29, 0.717) is 8.06 Å². The van der Waals surface area contributed by atoms with Gasteiger partial charge in [0.15, 0.2) is 5.98 Å². The molecule has 16 heteroatoms. The molecule has 0 bridgehead atoms. The van der Waals surface area contributed by atoms with Crippen LogP contribution in [0.3, 0.4) is 0 Å². The number of nitrogens with zero attached hydrogens (tertiary/aromatic N) is 4. The molecule has 0 saturated heterocycles. The Morgan fingerprint density at radius 1 is 0.329 bits per heavy atom. The third-order valence-electron chi connectivity index (χ3n) is 10.9. The third kappa shape index (κ3) is 13.9. The van der Waals surface area contributed by atoms with Crippen LogP contribution in [-0.2, 0) is 0 Å². The number of hydrogen-bond acceptors (Lipinski definition) is 3. The van der Waals surface area contributed by atoms with Crippen molar-refractivity contribution in [1.82, 2.24) is 0 Å². The summed E-state index contributed by atoms with van der Waals surface area (Å²) in [6, 6.07) is 98.3. The summed E-state index contributed by atoms with van der Waals surface area (Å²) in [5.41, 5.74) is 0. The molecule has 70 heavy (non-hydrogen) atoms. The minimum atomic E-state index is -2.81. The molecule has 4 nitrogen and oxygen atoms in total. The van der Waals surface area contributed by atoms with E-state index in [1.807, 2.05) is 0 Å². The van der Waals surface area contributed by atoms with E-state index in [-0.39, 0.29) is 31.3 Å². The Morgan fingerprint density at radius 2 is 0.429 bits per heavy atom. The monoisotopic (exact) mass is 1120 g/mol. The van der Waals surface area contributed by atoms with Crippen molar-refractivity contribution in [3.63, 3.8) is 0 Å². The molecule has 0 spiro atoms. The van der Waals surface area contributed by atoms with Gasteiger partial charge in [0, 0.05) is 47.7 Å². The third-order valence-corrected chi connectivity index (χ3v) is 26.0. The van der Waals surface area contributed by atoms with Crippen molar-refractivity contribution in [2.24, 2.45) is 13.5 Å². The Hall–Kier alpha value is -3.18. The molecule has 9 aromatic carbocycles. The predicted molar refractivity (Wildman–Crippen MR) is 316 cm³/mol. The summed E-state index contributed by atoms with van der Waals surface area (Å²) < 4.78 is 19.4. The summed E-state index contributed by atoms with van der Waals surface area (Å²) in [4.78, 5) is 0. The zero-order chi connectivity index (χ0) is 47.5. The van der Waals surface area contributed by atoms with Gasteiger partial charge in [-0.15, -0.1) is 8.93 Å². The molecular weight excluding hydrogens is 1070 g/mol. The fourth-order valence-electron chi connectivity index (χ4n) is 8.12. The van der Waals surface area contributed by atoms with Gasteiger partial charge in [-0.2, -0.15) is 0 Å². The number of hydrogen-bond donors (Lipinski definition) is 0. The number of rotatable bonds is 12. The molecule has 9 aromatic rings. The van der Waals surface area contributed by atoms with Gasteiger partial charge < -0.3 is 17.6 Å². The van der Waals surface area contributed by atoms with Crippen molar-refractivity contribution in [1.29, 1.82) is 0 Å². The predicted octanol–water partition coefficient (Wildman–Crippen LogP) is 9.89. The van der Waals surface area contributed by atoms with Crippen LogP contribution in [0.2, 0.25) is 0 Å². The average molecular weight is 1120 g/mol. The van der Waals surface area contributed by atoms with E-state index in [1.165, 1.54) is 47.7 Å². The molecule has 0 fully saturated rings. The fraction of sp³-hybridized carbons (Fsp3) is 0. The van der Waals surface area contributed by atoms with Crippen LogP contribution in [0.1, 0.15) is 0 Å².